The summed E-state index contributed by atoms with van der Waals surface area (Å²) in [6, 6.07) is 0.00381. The highest BCUT2D eigenvalue weighted by Crippen LogP contribution is 2.64. The van der Waals surface area contributed by atoms with Gasteiger partial charge in [-0.2, -0.15) is 5.26 Å². The van der Waals surface area contributed by atoms with E-state index in [0.717, 1.165) is 0 Å². The first-order chi connectivity index (χ1) is 12.0. The summed E-state index contributed by atoms with van der Waals surface area (Å²) in [5.74, 6) is -0.516. The molecule has 6 aliphatic rings. The predicted octanol–water partition coefficient (Wildman–Crippen LogP) is 0.695. The summed E-state index contributed by atoms with van der Waals surface area (Å²) in [5.41, 5.74) is 3.85. The van der Waals surface area contributed by atoms with Crippen LogP contribution in [0.3, 0.4) is 0 Å². The van der Waals surface area contributed by atoms with Crippen molar-refractivity contribution in [2.45, 2.75) is 80.6 Å². The van der Waals surface area contributed by atoms with E-state index >= 15 is 0 Å². The SMILES string of the molecule is Cl.[2H]C1([2H])[C@H]2C[C@@H](C#[15N])N(C(=O)[C@@H](N)C34CC5CC(O)(CC(O)(C5)C3)C4)[C@H]21. The highest BCUT2D eigenvalue weighted by molar-refractivity contribution is 5.85. The quantitative estimate of drug-likeness (QED) is 0.619. The highest BCUT2D eigenvalue weighted by Gasteiger charge is 2.66. The second-order valence-corrected chi connectivity index (χ2v) is 9.14. The molecule has 5 aliphatic carbocycles. The number of fused-ring (bicyclic) bond motifs is 1. The highest BCUT2D eigenvalue weighted by atomic mass is 35.5. The second-order valence-electron chi connectivity index (χ2n) is 9.14. The first-order valence-corrected chi connectivity index (χ1v) is 8.95. The molecule has 4 N–H and O–H groups in total. The van der Waals surface area contributed by atoms with E-state index in [-0.39, 0.29) is 30.2 Å². The molecule has 25 heavy (non-hydrogen) atoms. The molecule has 0 aromatic carbocycles. The van der Waals surface area contributed by atoms with Gasteiger partial charge in [-0.25, -0.2) is 0 Å². The van der Waals surface area contributed by atoms with E-state index in [1.807, 2.05) is 0 Å². The van der Waals surface area contributed by atoms with E-state index in [2.05, 4.69) is 6.07 Å². The van der Waals surface area contributed by atoms with Crippen LogP contribution < -0.4 is 5.73 Å². The lowest BCUT2D eigenvalue weighted by molar-refractivity contribution is -0.234. The van der Waals surface area contributed by atoms with Crippen molar-refractivity contribution in [1.82, 2.24) is 4.90 Å². The molecule has 1 heterocycles. The number of rotatable bonds is 2. The van der Waals surface area contributed by atoms with Crippen molar-refractivity contribution in [3.63, 3.8) is 0 Å². The van der Waals surface area contributed by atoms with E-state index in [0.29, 0.717) is 44.9 Å². The Hall–Kier alpha value is -0.870. The normalized spacial score (nSPS) is 56.2. The van der Waals surface area contributed by atoms with Crippen molar-refractivity contribution in [2.75, 3.05) is 0 Å². The van der Waals surface area contributed by atoms with Gasteiger partial charge in [0.05, 0.1) is 23.3 Å². The van der Waals surface area contributed by atoms with Gasteiger partial charge in [0.15, 0.2) is 0 Å². The lowest BCUT2D eigenvalue weighted by Gasteiger charge is -2.64. The second kappa shape index (κ2) is 5.10. The average Bonchev–Trinajstić information content (AvgIpc) is 2.88. The Morgan fingerprint density at radius 1 is 1.28 bits per heavy atom. The first-order valence-electron chi connectivity index (χ1n) is 9.95. The molecule has 6 nitrogen and oxygen atoms in total. The number of amides is 1. The summed E-state index contributed by atoms with van der Waals surface area (Å²) < 4.78 is 16.0. The minimum atomic E-state index is -1.44. The van der Waals surface area contributed by atoms with Gasteiger partial charge in [-0.3, -0.25) is 4.79 Å². The van der Waals surface area contributed by atoms with Crippen LogP contribution in [0.1, 0.15) is 54.1 Å². The zero-order valence-corrected chi connectivity index (χ0v) is 14.8. The van der Waals surface area contributed by atoms with Crippen molar-refractivity contribution in [1.29, 1.82) is 5.26 Å². The fraction of sp³-hybridized carbons (Fsp3) is 0.889. The number of nitrogens with two attached hydrogens (primary N) is 1. The summed E-state index contributed by atoms with van der Waals surface area (Å²) in [5, 5.41) is 31.2. The van der Waals surface area contributed by atoms with Crippen LogP contribution in [0, 0.1) is 28.6 Å². The van der Waals surface area contributed by atoms with Crippen LogP contribution in [0.5, 0.6) is 0 Å². The van der Waals surface area contributed by atoms with Crippen LogP contribution in [0.4, 0.5) is 0 Å². The van der Waals surface area contributed by atoms with E-state index < -0.39 is 41.1 Å². The maximum absolute atomic E-state index is 13.3. The number of carbonyl (C=O) groups excluding carboxylic acids is 1. The fourth-order valence-electron chi connectivity index (χ4n) is 6.77. The van der Waals surface area contributed by atoms with Crippen LogP contribution in [-0.2, 0) is 4.79 Å². The van der Waals surface area contributed by atoms with Crippen molar-refractivity contribution < 1.29 is 17.7 Å². The minimum Gasteiger partial charge on any atom is -0.390 e. The van der Waals surface area contributed by atoms with Crippen molar-refractivity contribution in [3.05, 3.63) is 0 Å². The van der Waals surface area contributed by atoms with Gasteiger partial charge < -0.3 is 20.8 Å². The van der Waals surface area contributed by atoms with Gasteiger partial charge in [-0.1, -0.05) is 0 Å². The molecule has 6 atom stereocenters. The molecule has 1 saturated heterocycles. The summed E-state index contributed by atoms with van der Waals surface area (Å²) in [6.45, 7) is 0. The van der Waals surface area contributed by atoms with Gasteiger partial charge in [0.1, 0.15) is 6.04 Å². The van der Waals surface area contributed by atoms with Crippen LogP contribution >= 0.6 is 12.4 Å². The van der Waals surface area contributed by atoms with Gasteiger partial charge >= 0.3 is 0 Å². The fourth-order valence-corrected chi connectivity index (χ4v) is 6.77. The Morgan fingerprint density at radius 2 is 1.92 bits per heavy atom. The summed E-state index contributed by atoms with van der Waals surface area (Å²) in [4.78, 5) is 14.7. The van der Waals surface area contributed by atoms with E-state index in [9.17, 15) is 20.3 Å². The third kappa shape index (κ3) is 2.36. The molecule has 7 heteroatoms. The van der Waals surface area contributed by atoms with Gasteiger partial charge in [-0.05, 0) is 56.7 Å². The minimum absolute atomic E-state index is 0. The van der Waals surface area contributed by atoms with Crippen LogP contribution in [0.25, 0.3) is 0 Å². The molecule has 0 aromatic rings. The molecule has 138 valence electrons. The first kappa shape index (κ1) is 15.2. The van der Waals surface area contributed by atoms with Crippen LogP contribution in [0.15, 0.2) is 0 Å². The molecule has 5 saturated carbocycles. The van der Waals surface area contributed by atoms with Gasteiger partial charge in [0.2, 0.25) is 5.91 Å². The Bertz CT molecular complexity index is 726. The molecule has 1 aliphatic heterocycles. The molecule has 2 unspecified atom stereocenters. The molecule has 0 aromatic heterocycles. The van der Waals surface area contributed by atoms with Crippen molar-refractivity contribution in [3.8, 4) is 6.07 Å². The molecule has 1 amide bonds. The molecular weight excluding hydrogens is 343 g/mol. The molecular formula is C18H26ClN3O3. The number of halogens is 1. The van der Waals surface area contributed by atoms with E-state index in [1.54, 1.807) is 0 Å². The maximum atomic E-state index is 13.3. The van der Waals surface area contributed by atoms with Crippen molar-refractivity contribution in [2.24, 2.45) is 23.0 Å². The Kier molecular flexibility index (Phi) is 3.10. The number of hydrogen-bond donors (Lipinski definition) is 3. The van der Waals surface area contributed by atoms with Crippen LogP contribution in [0.2, 0.25) is 0 Å². The number of aliphatic hydroxyl groups is 2. The number of hydrogen-bond acceptors (Lipinski definition) is 5. The largest absolute Gasteiger partial charge is 0.390 e. The smallest absolute Gasteiger partial charge is 0.241 e. The number of nitrogens with zero attached hydrogens (tertiary/aromatic N) is 2. The summed E-state index contributed by atoms with van der Waals surface area (Å²) in [7, 11) is 0. The Morgan fingerprint density at radius 3 is 2.48 bits per heavy atom. The Labute approximate surface area is 156 Å². The van der Waals surface area contributed by atoms with Gasteiger partial charge in [0.25, 0.3) is 0 Å². The number of likely N-dealkylation sites (tertiary alicyclic amines) is 1. The van der Waals surface area contributed by atoms with E-state index in [1.165, 1.54) is 4.90 Å². The number of piperidine rings is 1. The monoisotopic (exact) mass is 370 g/mol. The standard InChI is InChI=1S/C18H25N3O3.ClH/c19-6-12-1-11-2-13(11)21(12)15(22)14(20)16-3-10-4-17(23,7-16)9-18(24,5-10)8-16;/h10-14,23-24H,1-5,7-9,20H2;1H/t10?,11-,12+,13+,14-,16?,17?,18?;/m1./s1/i2D2,19+1;. The zero-order chi connectivity index (χ0) is 18.7. The third-order valence-electron chi connectivity index (χ3n) is 7.15. The third-order valence-corrected chi connectivity index (χ3v) is 7.15. The topological polar surface area (TPSA) is 111 Å². The van der Waals surface area contributed by atoms with Crippen molar-refractivity contribution >= 4 is 18.3 Å². The maximum Gasteiger partial charge on any atom is 0.241 e. The zero-order valence-electron chi connectivity index (χ0n) is 16.0. The number of carbonyl (C=O) groups is 1. The molecule has 4 bridgehead atoms. The van der Waals surface area contributed by atoms with Crippen LogP contribution in [-0.4, -0.2) is 50.3 Å². The van der Waals surface area contributed by atoms with Gasteiger partial charge in [-0.15, -0.1) is 12.4 Å². The predicted molar refractivity (Wildman–Crippen MR) is 91.5 cm³/mol. The van der Waals surface area contributed by atoms with E-state index in [4.69, 9.17) is 8.48 Å². The lowest BCUT2D eigenvalue weighted by atomic mass is 9.44. The average molecular weight is 371 g/mol. The Balaban J connectivity index is 0.00000180. The van der Waals surface area contributed by atoms with Gasteiger partial charge in [0, 0.05) is 20.6 Å². The number of nitriles is 1. The molecule has 0 radical (unpaired) electrons. The summed E-state index contributed by atoms with van der Waals surface area (Å²) in [6.07, 6.45) is 2.06. The summed E-state index contributed by atoms with van der Waals surface area (Å²) >= 11 is 0. The molecule has 6 fully saturated rings. The molecule has 6 rings (SSSR count). The molecule has 0 spiro atoms. The lowest BCUT2D eigenvalue weighted by Crippen LogP contribution is -2.69.